The van der Waals surface area contributed by atoms with Gasteiger partial charge in [-0.3, -0.25) is 0 Å². The minimum atomic E-state index is -0.124. The maximum Gasteiger partial charge on any atom is 0.322 e. The van der Waals surface area contributed by atoms with E-state index in [1.165, 1.54) is 0 Å². The molecule has 2 aromatic rings. The third-order valence-corrected chi connectivity index (χ3v) is 4.41. The number of carbonyl (C=O) groups excluding carboxylic acids is 1. The van der Waals surface area contributed by atoms with Crippen molar-refractivity contribution in [2.24, 2.45) is 0 Å². The Bertz CT molecular complexity index is 737. The van der Waals surface area contributed by atoms with Crippen molar-refractivity contribution in [3.8, 4) is 6.07 Å². The van der Waals surface area contributed by atoms with Crippen LogP contribution in [0.5, 0.6) is 0 Å². The summed E-state index contributed by atoms with van der Waals surface area (Å²) in [5.74, 6) is 1.65. The Morgan fingerprint density at radius 1 is 1.25 bits per heavy atom. The van der Waals surface area contributed by atoms with Crippen LogP contribution < -0.4 is 5.32 Å². The van der Waals surface area contributed by atoms with Crippen LogP contribution in [0.3, 0.4) is 0 Å². The lowest BCUT2D eigenvalue weighted by Crippen LogP contribution is -2.41. The number of carbonyl (C=O) groups is 1. The summed E-state index contributed by atoms with van der Waals surface area (Å²) < 4.78 is 5.65. The van der Waals surface area contributed by atoms with Crippen molar-refractivity contribution < 1.29 is 9.21 Å². The first-order valence-corrected chi connectivity index (χ1v) is 8.29. The number of amides is 2. The third-order valence-electron chi connectivity index (χ3n) is 4.41. The topological polar surface area (TPSA) is 69.3 Å². The molecule has 1 saturated carbocycles. The van der Waals surface area contributed by atoms with Crippen molar-refractivity contribution in [2.75, 3.05) is 5.32 Å². The van der Waals surface area contributed by atoms with Crippen LogP contribution >= 0.6 is 0 Å². The van der Waals surface area contributed by atoms with Crippen molar-refractivity contribution in [1.29, 1.82) is 5.26 Å². The van der Waals surface area contributed by atoms with Gasteiger partial charge in [-0.25, -0.2) is 4.79 Å². The van der Waals surface area contributed by atoms with E-state index in [1.54, 1.807) is 24.3 Å². The number of nitrogens with zero attached hydrogens (tertiary/aromatic N) is 2. The van der Waals surface area contributed by atoms with Crippen LogP contribution in [0.25, 0.3) is 0 Å². The quantitative estimate of drug-likeness (QED) is 0.904. The molecule has 1 N–H and O–H groups in total. The molecule has 1 fully saturated rings. The van der Waals surface area contributed by atoms with E-state index < -0.39 is 0 Å². The second-order valence-electron chi connectivity index (χ2n) is 6.20. The van der Waals surface area contributed by atoms with Gasteiger partial charge in [-0.2, -0.15) is 5.26 Å². The molecular weight excluding hydrogens is 302 g/mol. The number of nitrogens with one attached hydrogen (secondary N) is 1. The molecule has 5 heteroatoms. The summed E-state index contributed by atoms with van der Waals surface area (Å²) in [5, 5.41) is 11.8. The number of nitriles is 1. The Hall–Kier alpha value is -2.74. The van der Waals surface area contributed by atoms with Crippen LogP contribution in [-0.4, -0.2) is 17.0 Å². The Balaban J connectivity index is 1.73. The Kier molecular flexibility index (Phi) is 4.85. The number of hydrogen-bond donors (Lipinski definition) is 1. The van der Waals surface area contributed by atoms with Crippen LogP contribution in [0.15, 0.2) is 40.8 Å². The molecule has 0 unspecified atom stereocenters. The molecule has 2 amide bonds. The molecule has 1 aliphatic carbocycles. The maximum atomic E-state index is 12.8. The van der Waals surface area contributed by atoms with E-state index in [0.717, 1.165) is 37.2 Å². The van der Waals surface area contributed by atoms with Gasteiger partial charge in [0.25, 0.3) is 0 Å². The zero-order chi connectivity index (χ0) is 16.9. The number of urea groups is 1. The molecule has 3 rings (SSSR count). The van der Waals surface area contributed by atoms with Gasteiger partial charge in [0, 0.05) is 11.7 Å². The molecule has 1 aromatic carbocycles. The second kappa shape index (κ2) is 7.22. The standard InChI is InChI=1S/C19H21N3O2/c1-14-6-11-18(24-14)13-22(17-4-2-3-5-17)19(23)21-16-9-7-15(12-20)8-10-16/h6-11,17H,2-5,13H2,1H3,(H,21,23). The number of aryl methyl sites for hydroxylation is 1. The van der Waals surface area contributed by atoms with Crippen molar-refractivity contribution in [3.05, 3.63) is 53.5 Å². The van der Waals surface area contributed by atoms with E-state index in [2.05, 4.69) is 11.4 Å². The molecule has 0 saturated heterocycles. The highest BCUT2D eigenvalue weighted by Crippen LogP contribution is 2.26. The zero-order valence-electron chi connectivity index (χ0n) is 13.8. The number of rotatable bonds is 4. The van der Waals surface area contributed by atoms with Gasteiger partial charge in [0.1, 0.15) is 11.5 Å². The molecular formula is C19H21N3O2. The van der Waals surface area contributed by atoms with Crippen LogP contribution in [-0.2, 0) is 6.54 Å². The molecule has 24 heavy (non-hydrogen) atoms. The molecule has 1 heterocycles. The summed E-state index contributed by atoms with van der Waals surface area (Å²) in [6.07, 6.45) is 4.37. The zero-order valence-corrected chi connectivity index (χ0v) is 13.8. The van der Waals surface area contributed by atoms with Gasteiger partial charge in [-0.05, 0) is 56.2 Å². The van der Waals surface area contributed by atoms with Crippen LogP contribution in [0.1, 0.15) is 42.8 Å². The molecule has 0 aliphatic heterocycles. The molecule has 124 valence electrons. The summed E-state index contributed by atoms with van der Waals surface area (Å²) in [4.78, 5) is 14.6. The summed E-state index contributed by atoms with van der Waals surface area (Å²) in [7, 11) is 0. The van der Waals surface area contributed by atoms with Crippen molar-refractivity contribution in [2.45, 2.75) is 45.2 Å². The Morgan fingerprint density at radius 3 is 2.54 bits per heavy atom. The second-order valence-corrected chi connectivity index (χ2v) is 6.20. The van der Waals surface area contributed by atoms with Gasteiger partial charge < -0.3 is 14.6 Å². The van der Waals surface area contributed by atoms with Gasteiger partial charge in [0.2, 0.25) is 0 Å². The molecule has 0 radical (unpaired) electrons. The van der Waals surface area contributed by atoms with Crippen LogP contribution in [0.2, 0.25) is 0 Å². The van der Waals surface area contributed by atoms with E-state index >= 15 is 0 Å². The minimum Gasteiger partial charge on any atom is -0.464 e. The number of benzene rings is 1. The van der Waals surface area contributed by atoms with E-state index in [1.807, 2.05) is 24.0 Å². The summed E-state index contributed by atoms with van der Waals surface area (Å²) >= 11 is 0. The van der Waals surface area contributed by atoms with Crippen LogP contribution in [0, 0.1) is 18.3 Å². The lowest BCUT2D eigenvalue weighted by atomic mass is 10.2. The normalized spacial score (nSPS) is 14.3. The number of hydrogen-bond acceptors (Lipinski definition) is 3. The molecule has 1 aliphatic rings. The fourth-order valence-electron chi connectivity index (χ4n) is 3.14. The predicted octanol–water partition coefficient (Wildman–Crippen LogP) is 4.44. The first-order valence-electron chi connectivity index (χ1n) is 8.29. The van der Waals surface area contributed by atoms with E-state index in [0.29, 0.717) is 17.8 Å². The van der Waals surface area contributed by atoms with Crippen LogP contribution in [0.4, 0.5) is 10.5 Å². The largest absolute Gasteiger partial charge is 0.464 e. The van der Waals surface area contributed by atoms with Crippen molar-refractivity contribution >= 4 is 11.7 Å². The third kappa shape index (κ3) is 3.77. The first-order chi connectivity index (χ1) is 11.7. The molecule has 5 nitrogen and oxygen atoms in total. The smallest absolute Gasteiger partial charge is 0.322 e. The summed E-state index contributed by atoms with van der Waals surface area (Å²) in [6, 6.07) is 12.9. The average Bonchev–Trinajstić information content (AvgIpc) is 3.25. The lowest BCUT2D eigenvalue weighted by molar-refractivity contribution is 0.178. The Morgan fingerprint density at radius 2 is 1.96 bits per heavy atom. The number of anilines is 1. The highest BCUT2D eigenvalue weighted by atomic mass is 16.3. The monoisotopic (exact) mass is 323 g/mol. The molecule has 1 aromatic heterocycles. The predicted molar refractivity (Wildman–Crippen MR) is 91.4 cm³/mol. The SMILES string of the molecule is Cc1ccc(CN(C(=O)Nc2ccc(C#N)cc2)C2CCCC2)o1. The van der Waals surface area contributed by atoms with Gasteiger partial charge in [-0.15, -0.1) is 0 Å². The molecule has 0 atom stereocenters. The maximum absolute atomic E-state index is 12.8. The summed E-state index contributed by atoms with van der Waals surface area (Å²) in [5.41, 5.74) is 1.27. The molecule has 0 spiro atoms. The minimum absolute atomic E-state index is 0.124. The van der Waals surface area contributed by atoms with Gasteiger partial charge in [0.05, 0.1) is 18.2 Å². The van der Waals surface area contributed by atoms with E-state index in [9.17, 15) is 4.79 Å². The lowest BCUT2D eigenvalue weighted by Gasteiger charge is -2.28. The van der Waals surface area contributed by atoms with Crippen molar-refractivity contribution in [1.82, 2.24) is 4.90 Å². The van der Waals surface area contributed by atoms with Gasteiger partial charge in [-0.1, -0.05) is 12.8 Å². The average molecular weight is 323 g/mol. The molecule has 0 bridgehead atoms. The van der Waals surface area contributed by atoms with Gasteiger partial charge >= 0.3 is 6.03 Å². The van der Waals surface area contributed by atoms with Gasteiger partial charge in [0.15, 0.2) is 0 Å². The fraction of sp³-hybridized carbons (Fsp3) is 0.368. The Labute approximate surface area is 141 Å². The first kappa shape index (κ1) is 16.1. The fourth-order valence-corrected chi connectivity index (χ4v) is 3.14. The highest BCUT2D eigenvalue weighted by Gasteiger charge is 2.27. The van der Waals surface area contributed by atoms with Crippen molar-refractivity contribution in [3.63, 3.8) is 0 Å². The highest BCUT2D eigenvalue weighted by molar-refractivity contribution is 5.89. The summed E-state index contributed by atoms with van der Waals surface area (Å²) in [6.45, 7) is 2.38. The van der Waals surface area contributed by atoms with E-state index in [4.69, 9.17) is 9.68 Å². The van der Waals surface area contributed by atoms with E-state index in [-0.39, 0.29) is 12.1 Å². The number of furan rings is 1.